The first-order chi connectivity index (χ1) is 8.49. The minimum Gasteiger partial charge on any atom is -0.480 e. The van der Waals surface area contributed by atoms with Crippen LogP contribution in [0, 0.1) is 11.8 Å². The van der Waals surface area contributed by atoms with Crippen LogP contribution < -0.4 is 0 Å². The second-order valence-electron chi connectivity index (χ2n) is 5.76. The molecule has 102 valence electrons. The summed E-state index contributed by atoms with van der Waals surface area (Å²) in [6, 6.07) is -0.618. The number of carboxylic acid groups (broad SMARTS) is 1. The number of nitrogens with zero attached hydrogens (tertiary/aromatic N) is 2. The number of carbonyl (C=O) groups is 2. The average molecular weight is 254 g/mol. The van der Waals surface area contributed by atoms with Gasteiger partial charge in [0.05, 0.1) is 5.92 Å². The number of rotatable bonds is 2. The van der Waals surface area contributed by atoms with Gasteiger partial charge in [-0.25, -0.2) is 4.79 Å². The molecule has 2 aliphatic rings. The summed E-state index contributed by atoms with van der Waals surface area (Å²) in [5.41, 5.74) is 0. The Hall–Kier alpha value is -1.10. The SMILES string of the molecule is CC1CCN(C(=O)C2CCN(C)C2)C(C(=O)O)C1. The molecule has 3 unspecified atom stereocenters. The summed E-state index contributed by atoms with van der Waals surface area (Å²) in [4.78, 5) is 27.4. The number of amides is 1. The molecule has 18 heavy (non-hydrogen) atoms. The lowest BCUT2D eigenvalue weighted by molar-refractivity contribution is -0.154. The van der Waals surface area contributed by atoms with Crippen molar-refractivity contribution >= 4 is 11.9 Å². The highest BCUT2D eigenvalue weighted by atomic mass is 16.4. The number of carboxylic acids is 1. The van der Waals surface area contributed by atoms with Crippen LogP contribution in [-0.4, -0.2) is 59.5 Å². The van der Waals surface area contributed by atoms with Crippen molar-refractivity contribution in [3.8, 4) is 0 Å². The largest absolute Gasteiger partial charge is 0.480 e. The van der Waals surface area contributed by atoms with Crippen molar-refractivity contribution in [2.24, 2.45) is 11.8 Å². The van der Waals surface area contributed by atoms with E-state index < -0.39 is 12.0 Å². The fourth-order valence-corrected chi connectivity index (χ4v) is 3.01. The lowest BCUT2D eigenvalue weighted by atomic mass is 9.91. The van der Waals surface area contributed by atoms with Crippen molar-refractivity contribution < 1.29 is 14.7 Å². The first-order valence-electron chi connectivity index (χ1n) is 6.71. The van der Waals surface area contributed by atoms with E-state index in [1.807, 2.05) is 7.05 Å². The van der Waals surface area contributed by atoms with E-state index in [0.29, 0.717) is 18.9 Å². The Labute approximate surface area is 108 Å². The molecule has 0 aromatic heterocycles. The van der Waals surface area contributed by atoms with E-state index >= 15 is 0 Å². The average Bonchev–Trinajstić information content (AvgIpc) is 2.75. The monoisotopic (exact) mass is 254 g/mol. The zero-order valence-corrected chi connectivity index (χ0v) is 11.1. The number of carbonyl (C=O) groups excluding carboxylic acids is 1. The van der Waals surface area contributed by atoms with Crippen molar-refractivity contribution in [1.29, 1.82) is 0 Å². The van der Waals surface area contributed by atoms with Crippen LogP contribution in [0.15, 0.2) is 0 Å². The van der Waals surface area contributed by atoms with Crippen LogP contribution in [-0.2, 0) is 9.59 Å². The molecule has 0 aromatic carbocycles. The number of hydrogen-bond donors (Lipinski definition) is 1. The molecule has 2 heterocycles. The molecule has 0 saturated carbocycles. The number of hydrogen-bond acceptors (Lipinski definition) is 3. The second kappa shape index (κ2) is 5.26. The smallest absolute Gasteiger partial charge is 0.326 e. The highest BCUT2D eigenvalue weighted by Crippen LogP contribution is 2.26. The molecule has 2 rings (SSSR count). The van der Waals surface area contributed by atoms with Crippen LogP contribution in [0.25, 0.3) is 0 Å². The standard InChI is InChI=1S/C13H22N2O3/c1-9-3-6-15(11(7-9)13(17)18)12(16)10-4-5-14(2)8-10/h9-11H,3-8H2,1-2H3,(H,17,18). The summed E-state index contributed by atoms with van der Waals surface area (Å²) in [6.45, 7) is 4.34. The summed E-state index contributed by atoms with van der Waals surface area (Å²) >= 11 is 0. The van der Waals surface area contributed by atoms with Crippen LogP contribution in [0.5, 0.6) is 0 Å². The maximum absolute atomic E-state index is 12.4. The fraction of sp³-hybridized carbons (Fsp3) is 0.846. The van der Waals surface area contributed by atoms with E-state index in [1.54, 1.807) is 4.90 Å². The van der Waals surface area contributed by atoms with Gasteiger partial charge >= 0.3 is 5.97 Å². The van der Waals surface area contributed by atoms with E-state index in [9.17, 15) is 14.7 Å². The van der Waals surface area contributed by atoms with E-state index in [2.05, 4.69) is 11.8 Å². The van der Waals surface area contributed by atoms with Gasteiger partial charge in [0.15, 0.2) is 0 Å². The first-order valence-corrected chi connectivity index (χ1v) is 6.71. The zero-order chi connectivity index (χ0) is 13.3. The Kier molecular flexibility index (Phi) is 3.90. The Bertz CT molecular complexity index is 345. The summed E-state index contributed by atoms with van der Waals surface area (Å²) in [5, 5.41) is 9.27. The minimum atomic E-state index is -0.860. The third-order valence-corrected chi connectivity index (χ3v) is 4.17. The quantitative estimate of drug-likeness (QED) is 0.786. The van der Waals surface area contributed by atoms with Crippen LogP contribution >= 0.6 is 0 Å². The Balaban J connectivity index is 2.05. The van der Waals surface area contributed by atoms with Crippen molar-refractivity contribution in [1.82, 2.24) is 9.80 Å². The topological polar surface area (TPSA) is 60.9 Å². The number of piperidine rings is 1. The summed E-state index contributed by atoms with van der Waals surface area (Å²) in [7, 11) is 2.00. The number of likely N-dealkylation sites (tertiary alicyclic amines) is 2. The maximum Gasteiger partial charge on any atom is 0.326 e. The van der Waals surface area contributed by atoms with E-state index in [0.717, 1.165) is 25.9 Å². The van der Waals surface area contributed by atoms with Crippen molar-refractivity contribution in [2.45, 2.75) is 32.2 Å². The lowest BCUT2D eigenvalue weighted by Crippen LogP contribution is -2.52. The molecule has 0 aliphatic carbocycles. The van der Waals surface area contributed by atoms with Crippen molar-refractivity contribution in [2.75, 3.05) is 26.7 Å². The Morgan fingerprint density at radius 3 is 2.50 bits per heavy atom. The van der Waals surface area contributed by atoms with Gasteiger partial charge in [-0.1, -0.05) is 6.92 Å². The van der Waals surface area contributed by atoms with Gasteiger partial charge in [0.2, 0.25) is 5.91 Å². The molecule has 0 bridgehead atoms. The van der Waals surface area contributed by atoms with E-state index in [1.165, 1.54) is 0 Å². The van der Waals surface area contributed by atoms with Gasteiger partial charge in [0.25, 0.3) is 0 Å². The van der Waals surface area contributed by atoms with Gasteiger partial charge in [0, 0.05) is 13.1 Å². The molecule has 5 nitrogen and oxygen atoms in total. The molecule has 0 spiro atoms. The van der Waals surface area contributed by atoms with E-state index in [4.69, 9.17) is 0 Å². The molecule has 3 atom stereocenters. The normalized spacial score (nSPS) is 33.7. The number of aliphatic carboxylic acids is 1. The molecule has 1 N–H and O–H groups in total. The molecule has 0 aromatic rings. The van der Waals surface area contributed by atoms with Crippen LogP contribution in [0.4, 0.5) is 0 Å². The van der Waals surface area contributed by atoms with Crippen LogP contribution in [0.1, 0.15) is 26.2 Å². The first kappa shape index (κ1) is 13.3. The Morgan fingerprint density at radius 2 is 1.94 bits per heavy atom. The predicted octanol–water partition coefficient (Wildman–Crippen LogP) is 0.650. The van der Waals surface area contributed by atoms with Gasteiger partial charge in [-0.15, -0.1) is 0 Å². The van der Waals surface area contributed by atoms with Crippen molar-refractivity contribution in [3.63, 3.8) is 0 Å². The maximum atomic E-state index is 12.4. The lowest BCUT2D eigenvalue weighted by Gasteiger charge is -2.37. The molecular formula is C13H22N2O3. The van der Waals surface area contributed by atoms with Gasteiger partial charge < -0.3 is 14.9 Å². The zero-order valence-electron chi connectivity index (χ0n) is 11.1. The minimum absolute atomic E-state index is 0.00902. The molecule has 2 saturated heterocycles. The summed E-state index contributed by atoms with van der Waals surface area (Å²) in [5.74, 6) is -0.438. The molecule has 5 heteroatoms. The fourth-order valence-electron chi connectivity index (χ4n) is 3.01. The van der Waals surface area contributed by atoms with Gasteiger partial charge in [0.1, 0.15) is 6.04 Å². The van der Waals surface area contributed by atoms with Gasteiger partial charge in [-0.05, 0) is 38.8 Å². The highest BCUT2D eigenvalue weighted by molar-refractivity contribution is 5.85. The molecule has 1 amide bonds. The second-order valence-corrected chi connectivity index (χ2v) is 5.76. The van der Waals surface area contributed by atoms with Crippen molar-refractivity contribution in [3.05, 3.63) is 0 Å². The van der Waals surface area contributed by atoms with E-state index in [-0.39, 0.29) is 11.8 Å². The Morgan fingerprint density at radius 1 is 1.22 bits per heavy atom. The predicted molar refractivity (Wildman–Crippen MR) is 67.1 cm³/mol. The molecule has 2 fully saturated rings. The van der Waals surface area contributed by atoms with Crippen LogP contribution in [0.2, 0.25) is 0 Å². The van der Waals surface area contributed by atoms with Gasteiger partial charge in [-0.2, -0.15) is 0 Å². The van der Waals surface area contributed by atoms with Crippen LogP contribution in [0.3, 0.4) is 0 Å². The molecular weight excluding hydrogens is 232 g/mol. The molecule has 0 radical (unpaired) electrons. The third kappa shape index (κ3) is 2.66. The highest BCUT2D eigenvalue weighted by Gasteiger charge is 2.38. The van der Waals surface area contributed by atoms with Gasteiger partial charge in [-0.3, -0.25) is 4.79 Å². The summed E-state index contributed by atoms with van der Waals surface area (Å²) in [6.07, 6.45) is 2.36. The summed E-state index contributed by atoms with van der Waals surface area (Å²) < 4.78 is 0. The third-order valence-electron chi connectivity index (χ3n) is 4.17. The molecule has 2 aliphatic heterocycles.